The lowest BCUT2D eigenvalue weighted by Crippen LogP contribution is -2.27. The van der Waals surface area contributed by atoms with Crippen LogP contribution in [0.3, 0.4) is 0 Å². The first-order chi connectivity index (χ1) is 9.51. The zero-order valence-electron chi connectivity index (χ0n) is 11.4. The molecule has 2 nitrogen and oxygen atoms in total. The molecule has 1 N–H and O–H groups in total. The number of rotatable bonds is 4. The number of hydrogen-bond acceptors (Lipinski definition) is 2. The van der Waals surface area contributed by atoms with Gasteiger partial charge in [-0.05, 0) is 42.3 Å². The summed E-state index contributed by atoms with van der Waals surface area (Å²) < 4.78 is 18.7. The van der Waals surface area contributed by atoms with E-state index in [1.165, 1.54) is 19.2 Å². The maximum absolute atomic E-state index is 13.4. The third-order valence-corrected chi connectivity index (χ3v) is 3.66. The highest BCUT2D eigenvalue weighted by Crippen LogP contribution is 2.39. The minimum Gasteiger partial charge on any atom is -0.496 e. The van der Waals surface area contributed by atoms with E-state index < -0.39 is 11.4 Å². The zero-order chi connectivity index (χ0) is 14.8. The molecule has 20 heavy (non-hydrogen) atoms. The number of methoxy groups -OCH3 is 1. The lowest BCUT2D eigenvalue weighted by molar-refractivity contribution is 0.0733. The number of hydrogen-bond donors (Lipinski definition) is 1. The molecule has 0 radical (unpaired) electrons. The molecule has 2 aromatic carbocycles. The third-order valence-electron chi connectivity index (χ3n) is 3.42. The Hall–Kier alpha value is -1.58. The second kappa shape index (κ2) is 5.81. The Balaban J connectivity index is 2.64. The minimum atomic E-state index is -1.35. The molecule has 0 aliphatic rings. The second-order valence-electron chi connectivity index (χ2n) is 4.57. The third kappa shape index (κ3) is 2.65. The molecule has 106 valence electrons. The lowest BCUT2D eigenvalue weighted by Gasteiger charge is -2.29. The van der Waals surface area contributed by atoms with E-state index in [2.05, 4.69) is 0 Å². The largest absolute Gasteiger partial charge is 0.496 e. The van der Waals surface area contributed by atoms with Gasteiger partial charge in [0.25, 0.3) is 0 Å². The van der Waals surface area contributed by atoms with Crippen molar-refractivity contribution in [3.8, 4) is 5.75 Å². The smallest absolute Gasteiger partial charge is 0.125 e. The monoisotopic (exact) mass is 294 g/mol. The van der Waals surface area contributed by atoms with E-state index in [1.54, 1.807) is 30.3 Å². The zero-order valence-corrected chi connectivity index (χ0v) is 12.1. The van der Waals surface area contributed by atoms with Gasteiger partial charge in [0.15, 0.2) is 0 Å². The Morgan fingerprint density at radius 1 is 1.25 bits per heavy atom. The minimum absolute atomic E-state index is 0.368. The van der Waals surface area contributed by atoms with Crippen molar-refractivity contribution >= 4 is 11.6 Å². The van der Waals surface area contributed by atoms with Gasteiger partial charge in [-0.2, -0.15) is 0 Å². The average Bonchev–Trinajstić information content (AvgIpc) is 2.46. The van der Waals surface area contributed by atoms with Gasteiger partial charge in [-0.25, -0.2) is 4.39 Å². The molecule has 1 unspecified atom stereocenters. The van der Waals surface area contributed by atoms with Crippen molar-refractivity contribution in [3.63, 3.8) is 0 Å². The Morgan fingerprint density at radius 2 is 2.00 bits per heavy atom. The molecule has 0 fully saturated rings. The van der Waals surface area contributed by atoms with Crippen LogP contribution in [0.25, 0.3) is 0 Å². The predicted molar refractivity (Wildman–Crippen MR) is 77.7 cm³/mol. The van der Waals surface area contributed by atoms with E-state index in [1.807, 2.05) is 6.92 Å². The van der Waals surface area contributed by atoms with Crippen LogP contribution in [0.5, 0.6) is 5.75 Å². The number of aliphatic hydroxyl groups is 1. The molecule has 0 bridgehead atoms. The number of ether oxygens (including phenoxy) is 1. The molecule has 0 aliphatic carbocycles. The quantitative estimate of drug-likeness (QED) is 0.918. The van der Waals surface area contributed by atoms with Gasteiger partial charge in [0.2, 0.25) is 0 Å². The molecule has 0 saturated heterocycles. The maximum atomic E-state index is 13.4. The summed E-state index contributed by atoms with van der Waals surface area (Å²) in [4.78, 5) is 0. The SMILES string of the molecule is CCC(O)(c1cccc(F)c1)c1cc(Cl)ccc1OC. The van der Waals surface area contributed by atoms with Crippen molar-refractivity contribution in [2.24, 2.45) is 0 Å². The van der Waals surface area contributed by atoms with E-state index in [4.69, 9.17) is 16.3 Å². The lowest BCUT2D eigenvalue weighted by atomic mass is 9.83. The van der Waals surface area contributed by atoms with Gasteiger partial charge in [0.1, 0.15) is 17.2 Å². The highest BCUT2D eigenvalue weighted by atomic mass is 35.5. The van der Waals surface area contributed by atoms with Crippen molar-refractivity contribution < 1.29 is 14.2 Å². The van der Waals surface area contributed by atoms with Crippen LogP contribution in [0.1, 0.15) is 24.5 Å². The van der Waals surface area contributed by atoms with E-state index in [0.29, 0.717) is 28.3 Å². The van der Waals surface area contributed by atoms with Crippen LogP contribution < -0.4 is 4.74 Å². The fraction of sp³-hybridized carbons (Fsp3) is 0.250. The van der Waals surface area contributed by atoms with Crippen LogP contribution in [-0.4, -0.2) is 12.2 Å². The predicted octanol–water partition coefficient (Wildman–Crippen LogP) is 4.13. The van der Waals surface area contributed by atoms with Gasteiger partial charge in [-0.1, -0.05) is 30.7 Å². The fourth-order valence-electron chi connectivity index (χ4n) is 2.30. The molecule has 2 rings (SSSR count). The highest BCUT2D eigenvalue weighted by molar-refractivity contribution is 6.30. The van der Waals surface area contributed by atoms with Crippen molar-refractivity contribution in [1.29, 1.82) is 0 Å². The van der Waals surface area contributed by atoms with Crippen LogP contribution in [0, 0.1) is 5.82 Å². The van der Waals surface area contributed by atoms with E-state index in [-0.39, 0.29) is 0 Å². The first kappa shape index (κ1) is 14.8. The summed E-state index contributed by atoms with van der Waals surface area (Å²) in [5.41, 5.74) is -0.348. The fourth-order valence-corrected chi connectivity index (χ4v) is 2.47. The van der Waals surface area contributed by atoms with Gasteiger partial charge in [0.05, 0.1) is 7.11 Å². The molecule has 2 aromatic rings. The van der Waals surface area contributed by atoms with Gasteiger partial charge in [-0.3, -0.25) is 0 Å². The summed E-state index contributed by atoms with van der Waals surface area (Å²) in [5.74, 6) is 0.124. The van der Waals surface area contributed by atoms with Crippen LogP contribution in [0.15, 0.2) is 42.5 Å². The molecule has 0 heterocycles. The summed E-state index contributed by atoms with van der Waals surface area (Å²) in [6.07, 6.45) is 0.368. The molecular weight excluding hydrogens is 279 g/mol. The molecule has 4 heteroatoms. The summed E-state index contributed by atoms with van der Waals surface area (Å²) in [7, 11) is 1.52. The first-order valence-corrected chi connectivity index (χ1v) is 6.71. The summed E-state index contributed by atoms with van der Waals surface area (Å²) >= 11 is 6.01. The molecule has 0 amide bonds. The standard InChI is InChI=1S/C16H16ClFO2/c1-3-16(19,11-5-4-6-13(18)9-11)14-10-12(17)7-8-15(14)20-2/h4-10,19H,3H2,1-2H3. The second-order valence-corrected chi connectivity index (χ2v) is 5.01. The van der Waals surface area contributed by atoms with E-state index in [9.17, 15) is 9.50 Å². The van der Waals surface area contributed by atoms with Crippen molar-refractivity contribution in [2.75, 3.05) is 7.11 Å². The molecule has 0 aliphatic heterocycles. The van der Waals surface area contributed by atoms with Gasteiger partial charge in [-0.15, -0.1) is 0 Å². The number of benzene rings is 2. The topological polar surface area (TPSA) is 29.5 Å². The molecular formula is C16H16ClFO2. The van der Waals surface area contributed by atoms with Gasteiger partial charge < -0.3 is 9.84 Å². The van der Waals surface area contributed by atoms with E-state index >= 15 is 0 Å². The first-order valence-electron chi connectivity index (χ1n) is 6.33. The van der Waals surface area contributed by atoms with Crippen molar-refractivity contribution in [3.05, 3.63) is 64.4 Å². The maximum Gasteiger partial charge on any atom is 0.125 e. The molecule has 0 spiro atoms. The Kier molecular flexibility index (Phi) is 4.31. The van der Waals surface area contributed by atoms with Crippen LogP contribution >= 0.6 is 11.6 Å². The Morgan fingerprint density at radius 3 is 2.60 bits per heavy atom. The average molecular weight is 295 g/mol. The van der Waals surface area contributed by atoms with Crippen LogP contribution in [0.4, 0.5) is 4.39 Å². The summed E-state index contributed by atoms with van der Waals surface area (Å²) in [5, 5.41) is 11.5. The summed E-state index contributed by atoms with van der Waals surface area (Å²) in [6.45, 7) is 1.82. The molecule has 0 aromatic heterocycles. The normalized spacial score (nSPS) is 13.8. The number of halogens is 2. The van der Waals surface area contributed by atoms with Crippen LogP contribution in [0.2, 0.25) is 5.02 Å². The Labute approximate surface area is 122 Å². The van der Waals surface area contributed by atoms with Crippen LogP contribution in [-0.2, 0) is 5.60 Å². The Bertz CT molecular complexity index is 615. The van der Waals surface area contributed by atoms with Gasteiger partial charge in [0, 0.05) is 10.6 Å². The van der Waals surface area contributed by atoms with E-state index in [0.717, 1.165) is 0 Å². The molecule has 1 atom stereocenters. The highest BCUT2D eigenvalue weighted by Gasteiger charge is 2.33. The van der Waals surface area contributed by atoms with Crippen molar-refractivity contribution in [1.82, 2.24) is 0 Å². The van der Waals surface area contributed by atoms with Crippen molar-refractivity contribution in [2.45, 2.75) is 18.9 Å². The van der Waals surface area contributed by atoms with Gasteiger partial charge >= 0.3 is 0 Å². The molecule has 0 saturated carbocycles. The summed E-state index contributed by atoms with van der Waals surface area (Å²) in [6, 6.07) is 11.0.